The van der Waals surface area contributed by atoms with Gasteiger partial charge in [0.15, 0.2) is 0 Å². The molecule has 2 N–H and O–H groups in total. The molecule has 19 heavy (non-hydrogen) atoms. The number of nitrogens with zero attached hydrogens (tertiary/aromatic N) is 3. The van der Waals surface area contributed by atoms with Crippen molar-refractivity contribution in [3.05, 3.63) is 5.82 Å². The molecule has 0 aromatic carbocycles. The van der Waals surface area contributed by atoms with Gasteiger partial charge in [0.1, 0.15) is 5.82 Å². The second-order valence-electron chi connectivity index (χ2n) is 5.86. The van der Waals surface area contributed by atoms with E-state index in [0.717, 1.165) is 49.7 Å². The van der Waals surface area contributed by atoms with Crippen LogP contribution in [-0.2, 0) is 6.42 Å². The predicted octanol–water partition coefficient (Wildman–Crippen LogP) is 1.73. The molecule has 0 amide bonds. The Morgan fingerprint density at radius 1 is 1.26 bits per heavy atom. The smallest absolute Gasteiger partial charge is 0.244 e. The van der Waals surface area contributed by atoms with Gasteiger partial charge in [-0.2, -0.15) is 4.98 Å². The van der Waals surface area contributed by atoms with Gasteiger partial charge in [-0.1, -0.05) is 6.92 Å². The number of hydrogen-bond acceptors (Lipinski definition) is 4. The first-order chi connectivity index (χ1) is 9.36. The Balaban J connectivity index is 1.53. The van der Waals surface area contributed by atoms with Crippen LogP contribution in [0.1, 0.15) is 44.9 Å². The van der Waals surface area contributed by atoms with E-state index in [0.29, 0.717) is 0 Å². The lowest BCUT2D eigenvalue weighted by Crippen LogP contribution is -2.41. The van der Waals surface area contributed by atoms with Crippen LogP contribution in [0, 0.1) is 5.92 Å². The topological polar surface area (TPSA) is 56.8 Å². The Labute approximate surface area is 115 Å². The van der Waals surface area contributed by atoms with Crippen LogP contribution in [0.3, 0.4) is 0 Å². The van der Waals surface area contributed by atoms with E-state index in [1.807, 2.05) is 0 Å². The van der Waals surface area contributed by atoms with Crippen LogP contribution in [0.4, 0.5) is 5.95 Å². The van der Waals surface area contributed by atoms with Crippen molar-refractivity contribution in [2.75, 3.05) is 24.5 Å². The zero-order chi connectivity index (χ0) is 13.1. The first-order valence-corrected chi connectivity index (χ1v) is 7.76. The van der Waals surface area contributed by atoms with Gasteiger partial charge in [-0.15, -0.1) is 5.10 Å². The molecule has 2 saturated heterocycles. The molecular formula is C14H25N5. The van der Waals surface area contributed by atoms with E-state index in [9.17, 15) is 0 Å². The minimum Gasteiger partial charge on any atom is -0.340 e. The summed E-state index contributed by atoms with van der Waals surface area (Å²) in [5.41, 5.74) is 0. The largest absolute Gasteiger partial charge is 0.340 e. The fraction of sp³-hybridized carbons (Fsp3) is 0.857. The molecule has 106 valence electrons. The highest BCUT2D eigenvalue weighted by Gasteiger charge is 2.29. The number of hydrogen-bond donors (Lipinski definition) is 2. The molecule has 1 unspecified atom stereocenters. The van der Waals surface area contributed by atoms with E-state index in [2.05, 4.69) is 32.3 Å². The van der Waals surface area contributed by atoms with Crippen LogP contribution < -0.4 is 10.2 Å². The minimum absolute atomic E-state index is 0.768. The van der Waals surface area contributed by atoms with E-state index in [-0.39, 0.29) is 0 Å². The molecule has 2 aliphatic rings. The van der Waals surface area contributed by atoms with Gasteiger partial charge in [-0.3, -0.25) is 5.10 Å². The highest BCUT2D eigenvalue weighted by molar-refractivity contribution is 5.29. The van der Waals surface area contributed by atoms with Crippen LogP contribution in [0.15, 0.2) is 0 Å². The van der Waals surface area contributed by atoms with Crippen LogP contribution in [0.5, 0.6) is 0 Å². The summed E-state index contributed by atoms with van der Waals surface area (Å²) in [7, 11) is 0. The number of aryl methyl sites for hydroxylation is 1. The summed E-state index contributed by atoms with van der Waals surface area (Å²) in [6.07, 6.45) is 7.38. The number of piperidine rings is 1. The van der Waals surface area contributed by atoms with Gasteiger partial charge in [0.2, 0.25) is 5.95 Å². The minimum atomic E-state index is 0.768. The van der Waals surface area contributed by atoms with Crippen molar-refractivity contribution in [2.45, 2.75) is 51.5 Å². The zero-order valence-electron chi connectivity index (χ0n) is 11.9. The Bertz CT molecular complexity index is 388. The van der Waals surface area contributed by atoms with Crippen molar-refractivity contribution in [1.82, 2.24) is 20.5 Å². The number of aromatic nitrogens is 3. The van der Waals surface area contributed by atoms with E-state index in [1.54, 1.807) is 0 Å². The van der Waals surface area contributed by atoms with Gasteiger partial charge in [0.05, 0.1) is 0 Å². The zero-order valence-corrected chi connectivity index (χ0v) is 11.9. The van der Waals surface area contributed by atoms with Crippen molar-refractivity contribution in [3.8, 4) is 0 Å². The number of anilines is 1. The van der Waals surface area contributed by atoms with Crippen molar-refractivity contribution >= 4 is 5.95 Å². The van der Waals surface area contributed by atoms with E-state index in [1.165, 1.54) is 32.2 Å². The average molecular weight is 263 g/mol. The van der Waals surface area contributed by atoms with Crippen LogP contribution in [0.25, 0.3) is 0 Å². The molecule has 0 saturated carbocycles. The fourth-order valence-corrected chi connectivity index (χ4v) is 3.39. The lowest BCUT2D eigenvalue weighted by atomic mass is 9.89. The molecule has 5 nitrogen and oxygen atoms in total. The van der Waals surface area contributed by atoms with Crippen molar-refractivity contribution in [1.29, 1.82) is 0 Å². The first-order valence-electron chi connectivity index (χ1n) is 7.76. The van der Waals surface area contributed by atoms with Crippen LogP contribution >= 0.6 is 0 Å². The fourth-order valence-electron chi connectivity index (χ4n) is 3.39. The predicted molar refractivity (Wildman–Crippen MR) is 76.3 cm³/mol. The molecular weight excluding hydrogens is 238 g/mol. The second kappa shape index (κ2) is 5.90. The lowest BCUT2D eigenvalue weighted by Gasteiger charge is -2.34. The van der Waals surface area contributed by atoms with E-state index >= 15 is 0 Å². The molecule has 0 spiro atoms. The standard InChI is InChI=1S/C14H25N5/c1-2-4-13-16-14(18-17-13)19-9-6-11(7-10-19)12-5-3-8-15-12/h11-12,15H,2-10H2,1H3,(H,16,17,18). The summed E-state index contributed by atoms with van der Waals surface area (Å²) < 4.78 is 0. The molecule has 3 heterocycles. The first kappa shape index (κ1) is 12.9. The Morgan fingerprint density at radius 3 is 2.79 bits per heavy atom. The Kier molecular flexibility index (Phi) is 4.01. The molecule has 3 rings (SSSR count). The van der Waals surface area contributed by atoms with Gasteiger partial charge in [0, 0.05) is 25.6 Å². The maximum Gasteiger partial charge on any atom is 0.244 e. The average Bonchev–Trinajstić information content (AvgIpc) is 3.10. The summed E-state index contributed by atoms with van der Waals surface area (Å²) in [5.74, 6) is 2.78. The molecule has 0 bridgehead atoms. The lowest BCUT2D eigenvalue weighted by molar-refractivity contribution is 0.317. The summed E-state index contributed by atoms with van der Waals surface area (Å²) in [6.45, 7) is 5.59. The highest BCUT2D eigenvalue weighted by atomic mass is 15.4. The number of aromatic amines is 1. The maximum absolute atomic E-state index is 4.59. The van der Waals surface area contributed by atoms with E-state index in [4.69, 9.17) is 0 Å². The summed E-state index contributed by atoms with van der Waals surface area (Å²) in [6, 6.07) is 0.768. The molecule has 1 aromatic rings. The molecule has 2 fully saturated rings. The van der Waals surface area contributed by atoms with Gasteiger partial charge in [-0.25, -0.2) is 0 Å². The third-order valence-electron chi connectivity index (χ3n) is 4.50. The quantitative estimate of drug-likeness (QED) is 0.868. The molecule has 1 atom stereocenters. The Morgan fingerprint density at radius 2 is 2.11 bits per heavy atom. The Hall–Kier alpha value is -1.10. The SMILES string of the molecule is CCCc1nc(N2CCC(C3CCCN3)CC2)n[nH]1. The van der Waals surface area contributed by atoms with Crippen LogP contribution in [-0.4, -0.2) is 40.9 Å². The van der Waals surface area contributed by atoms with Crippen LogP contribution in [0.2, 0.25) is 0 Å². The molecule has 2 aliphatic heterocycles. The van der Waals surface area contributed by atoms with Gasteiger partial charge >= 0.3 is 0 Å². The monoisotopic (exact) mass is 263 g/mol. The maximum atomic E-state index is 4.59. The van der Waals surface area contributed by atoms with Gasteiger partial charge in [0.25, 0.3) is 0 Å². The van der Waals surface area contributed by atoms with Crippen molar-refractivity contribution in [2.24, 2.45) is 5.92 Å². The van der Waals surface area contributed by atoms with Crippen molar-refractivity contribution in [3.63, 3.8) is 0 Å². The van der Waals surface area contributed by atoms with Crippen molar-refractivity contribution < 1.29 is 0 Å². The highest BCUT2D eigenvalue weighted by Crippen LogP contribution is 2.27. The summed E-state index contributed by atoms with van der Waals surface area (Å²) in [5, 5.41) is 11.1. The number of nitrogens with one attached hydrogen (secondary N) is 2. The summed E-state index contributed by atoms with van der Waals surface area (Å²) in [4.78, 5) is 6.92. The second-order valence-corrected chi connectivity index (χ2v) is 5.86. The third-order valence-corrected chi connectivity index (χ3v) is 4.50. The molecule has 1 aromatic heterocycles. The summed E-state index contributed by atoms with van der Waals surface area (Å²) >= 11 is 0. The number of H-pyrrole nitrogens is 1. The molecule has 0 aliphatic carbocycles. The normalized spacial score (nSPS) is 25.1. The van der Waals surface area contributed by atoms with E-state index < -0.39 is 0 Å². The molecule has 0 radical (unpaired) electrons. The van der Waals surface area contributed by atoms with Gasteiger partial charge < -0.3 is 10.2 Å². The molecule has 5 heteroatoms. The third kappa shape index (κ3) is 2.91. The van der Waals surface area contributed by atoms with Gasteiger partial charge in [-0.05, 0) is 44.6 Å². The number of rotatable bonds is 4.